The number of benzene rings is 1. The minimum Gasteiger partial charge on any atom is -0.472 e. The van der Waals surface area contributed by atoms with Gasteiger partial charge in [-0.15, -0.1) is 0 Å². The largest absolute Gasteiger partial charge is 0.472 e. The van der Waals surface area contributed by atoms with Gasteiger partial charge < -0.3 is 19.6 Å². The van der Waals surface area contributed by atoms with Crippen LogP contribution in [-0.2, 0) is 0 Å². The van der Waals surface area contributed by atoms with Crippen molar-refractivity contribution in [1.29, 1.82) is 0 Å². The fourth-order valence-corrected chi connectivity index (χ4v) is 4.29. The van der Waals surface area contributed by atoms with Crippen molar-refractivity contribution in [3.05, 3.63) is 77.7 Å². The SMILES string of the molecule is Cc1ccc(-c2cnc3c(c2)C(=O)N([C@H](C)CO)C[C@@H](C)[C@H](CN(C)C(=O)c2cccnc2)O3)cc1. The summed E-state index contributed by atoms with van der Waals surface area (Å²) in [6, 6.07) is 12.9. The first-order chi connectivity index (χ1) is 17.3. The third kappa shape index (κ3) is 5.39. The van der Waals surface area contributed by atoms with Gasteiger partial charge in [-0.3, -0.25) is 14.6 Å². The van der Waals surface area contributed by atoms with Crippen LogP contribution >= 0.6 is 0 Å². The van der Waals surface area contributed by atoms with Crippen molar-refractivity contribution in [3.63, 3.8) is 0 Å². The summed E-state index contributed by atoms with van der Waals surface area (Å²) in [5.41, 5.74) is 3.72. The zero-order valence-electron chi connectivity index (χ0n) is 21.1. The van der Waals surface area contributed by atoms with E-state index in [1.165, 1.54) is 6.20 Å². The average molecular weight is 489 g/mol. The van der Waals surface area contributed by atoms with Crippen LogP contribution in [-0.4, -0.2) is 75.6 Å². The van der Waals surface area contributed by atoms with Crippen molar-refractivity contribution in [3.8, 4) is 17.0 Å². The lowest BCUT2D eigenvalue weighted by Gasteiger charge is -2.37. The number of carbonyl (C=O) groups is 2. The molecule has 1 aromatic carbocycles. The summed E-state index contributed by atoms with van der Waals surface area (Å²) >= 11 is 0. The lowest BCUT2D eigenvalue weighted by atomic mass is 9.99. The number of aliphatic hydroxyl groups excluding tert-OH is 1. The van der Waals surface area contributed by atoms with E-state index in [9.17, 15) is 14.7 Å². The molecule has 0 saturated heterocycles. The van der Waals surface area contributed by atoms with E-state index in [1.54, 1.807) is 47.4 Å². The van der Waals surface area contributed by atoms with Gasteiger partial charge >= 0.3 is 0 Å². The van der Waals surface area contributed by atoms with Gasteiger partial charge in [0, 0.05) is 43.7 Å². The van der Waals surface area contributed by atoms with Crippen LogP contribution in [0.3, 0.4) is 0 Å². The van der Waals surface area contributed by atoms with E-state index in [2.05, 4.69) is 9.97 Å². The Morgan fingerprint density at radius 1 is 1.22 bits per heavy atom. The maximum Gasteiger partial charge on any atom is 0.259 e. The van der Waals surface area contributed by atoms with Crippen LogP contribution in [0, 0.1) is 12.8 Å². The summed E-state index contributed by atoms with van der Waals surface area (Å²) in [6.45, 7) is 6.31. The summed E-state index contributed by atoms with van der Waals surface area (Å²) < 4.78 is 6.32. The predicted molar refractivity (Wildman–Crippen MR) is 137 cm³/mol. The first-order valence-electron chi connectivity index (χ1n) is 12.1. The van der Waals surface area contributed by atoms with Crippen molar-refractivity contribution >= 4 is 11.8 Å². The number of fused-ring (bicyclic) bond motifs is 1. The molecule has 1 aliphatic heterocycles. The van der Waals surface area contributed by atoms with Crippen LogP contribution in [0.1, 0.15) is 40.1 Å². The number of pyridine rings is 2. The number of ether oxygens (including phenoxy) is 1. The smallest absolute Gasteiger partial charge is 0.259 e. The zero-order chi connectivity index (χ0) is 25.8. The number of carbonyl (C=O) groups excluding carboxylic acids is 2. The standard InChI is InChI=1S/C28H32N4O4/c1-18-7-9-21(10-8-18)23-12-24-26(30-14-23)36-25(19(2)15-32(28(24)35)20(3)17-33)16-31(4)27(34)22-6-5-11-29-13-22/h5-14,19-20,25,33H,15-17H2,1-4H3/t19-,20-,25+/m1/s1. The van der Waals surface area contributed by atoms with E-state index in [0.717, 1.165) is 16.7 Å². The second-order valence-electron chi connectivity index (χ2n) is 9.49. The van der Waals surface area contributed by atoms with Gasteiger partial charge in [-0.05, 0) is 37.6 Å². The molecular weight excluding hydrogens is 456 g/mol. The minimum absolute atomic E-state index is 0.126. The molecule has 188 valence electrons. The molecule has 3 aromatic rings. The number of aryl methyl sites for hydroxylation is 1. The van der Waals surface area contributed by atoms with E-state index in [-0.39, 0.29) is 36.3 Å². The molecule has 4 rings (SSSR count). The molecule has 1 aliphatic rings. The Bertz CT molecular complexity index is 1220. The van der Waals surface area contributed by atoms with Gasteiger partial charge in [-0.25, -0.2) is 4.98 Å². The number of nitrogens with zero attached hydrogens (tertiary/aromatic N) is 4. The molecule has 0 fully saturated rings. The monoisotopic (exact) mass is 488 g/mol. The van der Waals surface area contributed by atoms with E-state index in [0.29, 0.717) is 24.2 Å². The number of amides is 2. The number of aromatic nitrogens is 2. The highest BCUT2D eigenvalue weighted by atomic mass is 16.5. The van der Waals surface area contributed by atoms with Crippen molar-refractivity contribution in [2.45, 2.75) is 32.9 Å². The molecule has 0 bridgehead atoms. The van der Waals surface area contributed by atoms with Crippen LogP contribution in [0.4, 0.5) is 0 Å². The average Bonchev–Trinajstić information content (AvgIpc) is 2.90. The van der Waals surface area contributed by atoms with Crippen molar-refractivity contribution < 1.29 is 19.4 Å². The van der Waals surface area contributed by atoms with Crippen LogP contribution in [0.5, 0.6) is 5.88 Å². The van der Waals surface area contributed by atoms with Gasteiger partial charge in [-0.2, -0.15) is 0 Å². The first-order valence-corrected chi connectivity index (χ1v) is 12.1. The number of likely N-dealkylation sites (N-methyl/N-ethyl adjacent to an activating group) is 1. The highest BCUT2D eigenvalue weighted by Crippen LogP contribution is 2.30. The Labute approximate surface area is 211 Å². The summed E-state index contributed by atoms with van der Waals surface area (Å²) in [5, 5.41) is 9.87. The Morgan fingerprint density at radius 2 is 1.97 bits per heavy atom. The molecule has 8 nitrogen and oxygen atoms in total. The van der Waals surface area contributed by atoms with E-state index in [4.69, 9.17) is 4.74 Å². The lowest BCUT2D eigenvalue weighted by Crippen LogP contribution is -2.50. The van der Waals surface area contributed by atoms with Crippen LogP contribution in [0.25, 0.3) is 11.1 Å². The van der Waals surface area contributed by atoms with Gasteiger partial charge in [0.2, 0.25) is 5.88 Å². The van der Waals surface area contributed by atoms with Crippen LogP contribution < -0.4 is 4.74 Å². The molecule has 2 aromatic heterocycles. The third-order valence-electron chi connectivity index (χ3n) is 6.61. The molecule has 36 heavy (non-hydrogen) atoms. The molecule has 3 heterocycles. The van der Waals surface area contributed by atoms with Crippen molar-refractivity contribution in [2.24, 2.45) is 5.92 Å². The Kier molecular flexibility index (Phi) is 7.64. The molecule has 1 N–H and O–H groups in total. The van der Waals surface area contributed by atoms with E-state index in [1.807, 2.05) is 45.0 Å². The molecule has 0 spiro atoms. The van der Waals surface area contributed by atoms with Gasteiger partial charge in [0.25, 0.3) is 11.8 Å². The highest BCUT2D eigenvalue weighted by molar-refractivity contribution is 5.98. The molecule has 3 atom stereocenters. The first kappa shape index (κ1) is 25.3. The summed E-state index contributed by atoms with van der Waals surface area (Å²) in [6.07, 6.45) is 4.44. The van der Waals surface area contributed by atoms with Crippen LogP contribution in [0.15, 0.2) is 61.1 Å². The second-order valence-corrected chi connectivity index (χ2v) is 9.49. The number of rotatable bonds is 6. The van der Waals surface area contributed by atoms with E-state index >= 15 is 0 Å². The predicted octanol–water partition coefficient (Wildman–Crippen LogP) is 3.44. The number of aliphatic hydroxyl groups is 1. The topological polar surface area (TPSA) is 95.9 Å². The molecular formula is C28H32N4O4. The molecule has 0 radical (unpaired) electrons. The Morgan fingerprint density at radius 3 is 2.64 bits per heavy atom. The molecule has 0 aliphatic carbocycles. The van der Waals surface area contributed by atoms with Crippen LogP contribution in [0.2, 0.25) is 0 Å². The van der Waals surface area contributed by atoms with Gasteiger partial charge in [-0.1, -0.05) is 36.8 Å². The summed E-state index contributed by atoms with van der Waals surface area (Å²) in [7, 11) is 1.72. The molecule has 0 saturated carbocycles. The maximum atomic E-state index is 13.6. The molecule has 2 amide bonds. The second kappa shape index (κ2) is 10.9. The number of hydrogen-bond acceptors (Lipinski definition) is 6. The van der Waals surface area contributed by atoms with Gasteiger partial charge in [0.15, 0.2) is 0 Å². The molecule has 8 heteroatoms. The summed E-state index contributed by atoms with van der Waals surface area (Å²) in [4.78, 5) is 38.4. The highest BCUT2D eigenvalue weighted by Gasteiger charge is 2.35. The van der Waals surface area contributed by atoms with Crippen molar-refractivity contribution in [2.75, 3.05) is 26.7 Å². The Balaban J connectivity index is 1.68. The van der Waals surface area contributed by atoms with E-state index < -0.39 is 6.10 Å². The van der Waals surface area contributed by atoms with Gasteiger partial charge in [0.1, 0.15) is 11.7 Å². The minimum atomic E-state index is -0.423. The fourth-order valence-electron chi connectivity index (χ4n) is 4.29. The van der Waals surface area contributed by atoms with Crippen molar-refractivity contribution in [1.82, 2.24) is 19.8 Å². The lowest BCUT2D eigenvalue weighted by molar-refractivity contribution is 0.0313. The summed E-state index contributed by atoms with van der Waals surface area (Å²) in [5.74, 6) is -0.303. The Hall–Kier alpha value is -3.78. The molecule has 0 unspecified atom stereocenters. The normalized spacial score (nSPS) is 18.5. The maximum absolute atomic E-state index is 13.6. The number of hydrogen-bond donors (Lipinski definition) is 1. The fraction of sp³-hybridized carbons (Fsp3) is 0.357. The quantitative estimate of drug-likeness (QED) is 0.571. The third-order valence-corrected chi connectivity index (χ3v) is 6.61. The zero-order valence-corrected chi connectivity index (χ0v) is 21.1. The van der Waals surface area contributed by atoms with Gasteiger partial charge in [0.05, 0.1) is 24.8 Å².